The summed E-state index contributed by atoms with van der Waals surface area (Å²) < 4.78 is 27.3. The van der Waals surface area contributed by atoms with Crippen LogP contribution in [0.15, 0.2) is 18.2 Å². The highest BCUT2D eigenvalue weighted by Crippen LogP contribution is 2.33. The van der Waals surface area contributed by atoms with E-state index in [2.05, 4.69) is 5.32 Å². The number of benzene rings is 1. The number of hydrogen-bond donors (Lipinski definition) is 1. The molecule has 2 rings (SSSR count). The van der Waals surface area contributed by atoms with Crippen LogP contribution >= 0.6 is 0 Å². The average Bonchev–Trinajstić information content (AvgIpc) is 2.35. The van der Waals surface area contributed by atoms with Gasteiger partial charge >= 0.3 is 0 Å². The molecule has 18 heavy (non-hydrogen) atoms. The van der Waals surface area contributed by atoms with E-state index in [1.165, 1.54) is 18.2 Å². The van der Waals surface area contributed by atoms with E-state index in [1.54, 1.807) is 0 Å². The van der Waals surface area contributed by atoms with E-state index in [9.17, 15) is 8.78 Å². The number of nitrogens with zero attached hydrogens (tertiary/aromatic N) is 1. The topological polar surface area (TPSA) is 15.3 Å². The molecule has 0 bridgehead atoms. The second-order valence-corrected chi connectivity index (χ2v) is 5.18. The van der Waals surface area contributed by atoms with Crippen LogP contribution in [0.1, 0.15) is 24.4 Å². The average molecular weight is 254 g/mol. The zero-order chi connectivity index (χ0) is 13.1. The molecule has 100 valence electrons. The molecule has 0 aliphatic carbocycles. The van der Waals surface area contributed by atoms with Crippen LogP contribution < -0.4 is 5.32 Å². The maximum Gasteiger partial charge on any atom is 0.128 e. The second-order valence-electron chi connectivity index (χ2n) is 5.18. The van der Waals surface area contributed by atoms with Gasteiger partial charge in [-0.15, -0.1) is 0 Å². The molecular formula is C14H20F2N2. The first-order valence-electron chi connectivity index (χ1n) is 6.41. The predicted octanol–water partition coefficient (Wildman–Crippen LogP) is 2.57. The number of piperidine rings is 1. The van der Waals surface area contributed by atoms with Gasteiger partial charge in [0.25, 0.3) is 0 Å². The van der Waals surface area contributed by atoms with Crippen LogP contribution in [0.25, 0.3) is 0 Å². The normalized spacial score (nSPS) is 22.2. The van der Waals surface area contributed by atoms with Gasteiger partial charge in [-0.1, -0.05) is 0 Å². The van der Waals surface area contributed by atoms with Crippen molar-refractivity contribution >= 4 is 0 Å². The van der Waals surface area contributed by atoms with E-state index in [-0.39, 0.29) is 17.7 Å². The van der Waals surface area contributed by atoms with Crippen molar-refractivity contribution in [2.24, 2.45) is 5.92 Å². The molecule has 1 fully saturated rings. The molecule has 0 spiro atoms. The maximum atomic E-state index is 13.9. The maximum absolute atomic E-state index is 13.9. The third-order valence-corrected chi connectivity index (χ3v) is 3.61. The summed E-state index contributed by atoms with van der Waals surface area (Å²) >= 11 is 0. The Bertz CT molecular complexity index is 401. The van der Waals surface area contributed by atoms with Gasteiger partial charge in [0.2, 0.25) is 0 Å². The number of hydrogen-bond acceptors (Lipinski definition) is 2. The second kappa shape index (κ2) is 5.76. The lowest BCUT2D eigenvalue weighted by Gasteiger charge is -2.35. The molecule has 1 aliphatic heterocycles. The molecule has 0 amide bonds. The lowest BCUT2D eigenvalue weighted by molar-refractivity contribution is 0.177. The molecule has 0 aromatic heterocycles. The Kier molecular flexibility index (Phi) is 4.30. The van der Waals surface area contributed by atoms with Crippen molar-refractivity contribution < 1.29 is 8.78 Å². The number of nitrogens with one attached hydrogen (secondary N) is 1. The first-order chi connectivity index (χ1) is 8.59. The van der Waals surface area contributed by atoms with Gasteiger partial charge in [-0.25, -0.2) is 8.78 Å². The molecule has 2 nitrogen and oxygen atoms in total. The number of rotatable bonds is 3. The summed E-state index contributed by atoms with van der Waals surface area (Å²) in [5.41, 5.74) is 0.466. The predicted molar refractivity (Wildman–Crippen MR) is 68.4 cm³/mol. The Morgan fingerprint density at radius 2 is 2.11 bits per heavy atom. The Morgan fingerprint density at radius 1 is 1.33 bits per heavy atom. The van der Waals surface area contributed by atoms with Gasteiger partial charge < -0.3 is 10.2 Å². The first kappa shape index (κ1) is 13.4. The van der Waals surface area contributed by atoms with E-state index in [4.69, 9.17) is 0 Å². The molecule has 1 saturated heterocycles. The molecule has 1 aromatic carbocycles. The highest BCUT2D eigenvalue weighted by Gasteiger charge is 2.28. The van der Waals surface area contributed by atoms with E-state index in [0.717, 1.165) is 25.9 Å². The van der Waals surface area contributed by atoms with Gasteiger partial charge in [0.15, 0.2) is 0 Å². The van der Waals surface area contributed by atoms with Crippen LogP contribution in [0.3, 0.4) is 0 Å². The fourth-order valence-corrected chi connectivity index (χ4v) is 2.84. The molecule has 0 radical (unpaired) electrons. The van der Waals surface area contributed by atoms with Crippen molar-refractivity contribution in [1.82, 2.24) is 10.2 Å². The standard InChI is InChI=1S/C14H20F2N2/c1-18(2)14(10-4-3-7-17-9-10)12-8-11(15)5-6-13(12)16/h5-6,8,10,14,17H,3-4,7,9H2,1-2H3. The van der Waals surface area contributed by atoms with Gasteiger partial charge in [0, 0.05) is 11.6 Å². The molecule has 2 atom stereocenters. The zero-order valence-electron chi connectivity index (χ0n) is 10.9. The Labute approximate surface area is 107 Å². The molecule has 1 N–H and O–H groups in total. The lowest BCUT2D eigenvalue weighted by Crippen LogP contribution is -2.38. The SMILES string of the molecule is CN(C)C(c1cc(F)ccc1F)C1CCCNC1. The Balaban J connectivity index is 2.31. The van der Waals surface area contributed by atoms with Crippen LogP contribution in [0, 0.1) is 17.6 Å². The molecule has 0 saturated carbocycles. The smallest absolute Gasteiger partial charge is 0.128 e. The largest absolute Gasteiger partial charge is 0.316 e. The van der Waals surface area contributed by atoms with E-state index >= 15 is 0 Å². The Hall–Kier alpha value is -1.00. The van der Waals surface area contributed by atoms with Crippen LogP contribution in [-0.2, 0) is 0 Å². The molecule has 1 aromatic rings. The van der Waals surface area contributed by atoms with E-state index < -0.39 is 0 Å². The summed E-state index contributed by atoms with van der Waals surface area (Å²) in [5.74, 6) is -0.368. The fraction of sp³-hybridized carbons (Fsp3) is 0.571. The van der Waals surface area contributed by atoms with Crippen LogP contribution in [0.4, 0.5) is 8.78 Å². The van der Waals surface area contributed by atoms with Crippen LogP contribution in [0.2, 0.25) is 0 Å². The van der Waals surface area contributed by atoms with Gasteiger partial charge in [-0.05, 0) is 64.1 Å². The summed E-state index contributed by atoms with van der Waals surface area (Å²) in [6.07, 6.45) is 2.14. The first-order valence-corrected chi connectivity index (χ1v) is 6.41. The molecule has 2 unspecified atom stereocenters. The lowest BCUT2D eigenvalue weighted by atomic mass is 9.86. The minimum Gasteiger partial charge on any atom is -0.316 e. The van der Waals surface area contributed by atoms with Gasteiger partial charge in [-0.2, -0.15) is 0 Å². The summed E-state index contributed by atoms with van der Waals surface area (Å²) in [7, 11) is 3.84. The highest BCUT2D eigenvalue weighted by atomic mass is 19.1. The van der Waals surface area contributed by atoms with Crippen LogP contribution in [0.5, 0.6) is 0 Å². The fourth-order valence-electron chi connectivity index (χ4n) is 2.84. The molecule has 1 aliphatic rings. The molecule has 4 heteroatoms. The third-order valence-electron chi connectivity index (χ3n) is 3.61. The van der Waals surface area contributed by atoms with Crippen molar-refractivity contribution in [3.05, 3.63) is 35.4 Å². The van der Waals surface area contributed by atoms with Crippen molar-refractivity contribution in [3.8, 4) is 0 Å². The monoisotopic (exact) mass is 254 g/mol. The minimum absolute atomic E-state index is 0.0755. The van der Waals surface area contributed by atoms with Crippen LogP contribution in [-0.4, -0.2) is 32.1 Å². The van der Waals surface area contributed by atoms with Gasteiger partial charge in [0.1, 0.15) is 11.6 Å². The van der Waals surface area contributed by atoms with Gasteiger partial charge in [0.05, 0.1) is 0 Å². The van der Waals surface area contributed by atoms with Crippen molar-refractivity contribution in [1.29, 1.82) is 0 Å². The van der Waals surface area contributed by atoms with Crippen molar-refractivity contribution in [2.45, 2.75) is 18.9 Å². The van der Waals surface area contributed by atoms with E-state index in [1.807, 2.05) is 19.0 Å². The molecular weight excluding hydrogens is 234 g/mol. The minimum atomic E-state index is -0.373. The van der Waals surface area contributed by atoms with Crippen molar-refractivity contribution in [2.75, 3.05) is 27.2 Å². The van der Waals surface area contributed by atoms with Gasteiger partial charge in [-0.3, -0.25) is 0 Å². The summed E-state index contributed by atoms with van der Waals surface area (Å²) in [6, 6.07) is 3.64. The number of halogens is 2. The Morgan fingerprint density at radius 3 is 2.72 bits per heavy atom. The summed E-state index contributed by atoms with van der Waals surface area (Å²) in [4.78, 5) is 1.98. The summed E-state index contributed by atoms with van der Waals surface area (Å²) in [5, 5.41) is 3.33. The quantitative estimate of drug-likeness (QED) is 0.892. The summed E-state index contributed by atoms with van der Waals surface area (Å²) in [6.45, 7) is 1.88. The zero-order valence-corrected chi connectivity index (χ0v) is 10.9. The van der Waals surface area contributed by atoms with E-state index in [0.29, 0.717) is 11.5 Å². The third kappa shape index (κ3) is 2.87. The molecule has 1 heterocycles. The highest BCUT2D eigenvalue weighted by molar-refractivity contribution is 5.23. The van der Waals surface area contributed by atoms with Crippen molar-refractivity contribution in [3.63, 3.8) is 0 Å².